The van der Waals surface area contributed by atoms with Gasteiger partial charge in [0, 0.05) is 38.4 Å². The van der Waals surface area contributed by atoms with Crippen molar-refractivity contribution in [3.63, 3.8) is 0 Å². The first-order chi connectivity index (χ1) is 13.8. The molecule has 4 amide bonds. The highest BCUT2D eigenvalue weighted by Crippen LogP contribution is 2.27. The molecular weight excluding hydrogens is 384 g/mol. The second-order valence-electron chi connectivity index (χ2n) is 6.84. The molecule has 2 heterocycles. The number of benzene rings is 1. The maximum atomic E-state index is 12.6. The van der Waals surface area contributed by atoms with Crippen LogP contribution < -0.4 is 5.32 Å². The van der Waals surface area contributed by atoms with Gasteiger partial charge in [-0.05, 0) is 18.9 Å². The molecule has 1 N–H and O–H groups in total. The summed E-state index contributed by atoms with van der Waals surface area (Å²) in [6.45, 7) is 0.300. The summed E-state index contributed by atoms with van der Waals surface area (Å²) in [5.74, 6) is -1.98. The number of nitrogens with one attached hydrogen (secondary N) is 1. The van der Waals surface area contributed by atoms with E-state index in [1.807, 2.05) is 0 Å². The van der Waals surface area contributed by atoms with Crippen LogP contribution in [0.3, 0.4) is 0 Å². The molecule has 0 aromatic heterocycles. The molecule has 0 spiro atoms. The SMILES string of the molecule is COCC(=O)NC1CCN(C(=O)CN2C(=O)c3ccc([N+](=O)[O-])cc3C2=O)CC1. The van der Waals surface area contributed by atoms with E-state index in [4.69, 9.17) is 4.74 Å². The summed E-state index contributed by atoms with van der Waals surface area (Å²) in [5, 5.41) is 13.7. The number of nitro groups is 1. The van der Waals surface area contributed by atoms with Crippen LogP contribution in [0.1, 0.15) is 33.6 Å². The molecule has 3 rings (SSSR count). The summed E-state index contributed by atoms with van der Waals surface area (Å²) >= 11 is 0. The average Bonchev–Trinajstić information content (AvgIpc) is 2.93. The Labute approximate surface area is 165 Å². The van der Waals surface area contributed by atoms with Gasteiger partial charge in [-0.2, -0.15) is 0 Å². The molecule has 2 aliphatic rings. The highest BCUT2D eigenvalue weighted by atomic mass is 16.6. The van der Waals surface area contributed by atoms with E-state index in [-0.39, 0.29) is 35.4 Å². The fourth-order valence-corrected chi connectivity index (χ4v) is 3.44. The summed E-state index contributed by atoms with van der Waals surface area (Å²) in [5.41, 5.74) is -0.319. The monoisotopic (exact) mass is 404 g/mol. The lowest BCUT2D eigenvalue weighted by Crippen LogP contribution is -2.50. The summed E-state index contributed by atoms with van der Waals surface area (Å²) in [4.78, 5) is 61.6. The Morgan fingerprint density at radius 3 is 2.48 bits per heavy atom. The Morgan fingerprint density at radius 1 is 1.21 bits per heavy atom. The number of hydrogen-bond donors (Lipinski definition) is 1. The van der Waals surface area contributed by atoms with Crippen LogP contribution in [0.5, 0.6) is 0 Å². The number of imide groups is 1. The van der Waals surface area contributed by atoms with Gasteiger partial charge in [0.15, 0.2) is 0 Å². The highest BCUT2D eigenvalue weighted by molar-refractivity contribution is 6.22. The maximum absolute atomic E-state index is 12.6. The molecule has 29 heavy (non-hydrogen) atoms. The van der Waals surface area contributed by atoms with E-state index in [9.17, 15) is 29.3 Å². The number of fused-ring (bicyclic) bond motifs is 1. The number of ether oxygens (including phenoxy) is 1. The molecule has 0 atom stereocenters. The van der Waals surface area contributed by atoms with Crippen LogP contribution in [0.15, 0.2) is 18.2 Å². The molecule has 11 heteroatoms. The van der Waals surface area contributed by atoms with Crippen LogP contribution in [0.4, 0.5) is 5.69 Å². The van der Waals surface area contributed by atoms with Gasteiger partial charge in [-0.3, -0.25) is 34.2 Å². The molecule has 1 aromatic carbocycles. The van der Waals surface area contributed by atoms with Gasteiger partial charge in [0.05, 0.1) is 16.1 Å². The minimum atomic E-state index is -0.719. The first-order valence-electron chi connectivity index (χ1n) is 9.02. The third-order valence-electron chi connectivity index (χ3n) is 4.95. The number of amides is 4. The Morgan fingerprint density at radius 2 is 1.86 bits per heavy atom. The van der Waals surface area contributed by atoms with Crippen molar-refractivity contribution in [2.75, 3.05) is 33.4 Å². The van der Waals surface area contributed by atoms with Gasteiger partial charge in [0.25, 0.3) is 17.5 Å². The van der Waals surface area contributed by atoms with Gasteiger partial charge in [0.2, 0.25) is 11.8 Å². The summed E-state index contributed by atoms with van der Waals surface area (Å²) in [7, 11) is 1.43. The van der Waals surface area contributed by atoms with Crippen molar-refractivity contribution in [1.82, 2.24) is 15.1 Å². The summed E-state index contributed by atoms with van der Waals surface area (Å²) in [6.07, 6.45) is 1.10. The number of piperidine rings is 1. The van der Waals surface area contributed by atoms with Crippen molar-refractivity contribution in [2.45, 2.75) is 18.9 Å². The molecule has 1 saturated heterocycles. The largest absolute Gasteiger partial charge is 0.375 e. The topological polar surface area (TPSA) is 139 Å². The van der Waals surface area contributed by atoms with Crippen molar-refractivity contribution in [1.29, 1.82) is 0 Å². The minimum absolute atomic E-state index is 0.0307. The van der Waals surface area contributed by atoms with Crippen LogP contribution in [0, 0.1) is 10.1 Å². The molecule has 0 aliphatic carbocycles. The third-order valence-corrected chi connectivity index (χ3v) is 4.95. The van der Waals surface area contributed by atoms with Crippen LogP contribution in [0.2, 0.25) is 0 Å². The van der Waals surface area contributed by atoms with E-state index in [1.165, 1.54) is 18.1 Å². The summed E-state index contributed by atoms with van der Waals surface area (Å²) < 4.78 is 4.76. The minimum Gasteiger partial charge on any atom is -0.375 e. The van der Waals surface area contributed by atoms with Crippen LogP contribution >= 0.6 is 0 Å². The lowest BCUT2D eigenvalue weighted by molar-refractivity contribution is -0.384. The van der Waals surface area contributed by atoms with E-state index in [1.54, 1.807) is 0 Å². The maximum Gasteiger partial charge on any atom is 0.270 e. The quantitative estimate of drug-likeness (QED) is 0.398. The predicted octanol–water partition coefficient (Wildman–Crippen LogP) is -0.0556. The number of nitrogens with zero attached hydrogens (tertiary/aromatic N) is 3. The molecule has 11 nitrogen and oxygen atoms in total. The van der Waals surface area contributed by atoms with Gasteiger partial charge in [-0.1, -0.05) is 0 Å². The van der Waals surface area contributed by atoms with E-state index in [0.29, 0.717) is 25.9 Å². The number of carbonyl (C=O) groups excluding carboxylic acids is 4. The first-order valence-corrected chi connectivity index (χ1v) is 9.02. The van der Waals surface area contributed by atoms with Gasteiger partial charge in [-0.15, -0.1) is 0 Å². The molecule has 0 radical (unpaired) electrons. The van der Waals surface area contributed by atoms with Gasteiger partial charge >= 0.3 is 0 Å². The predicted molar refractivity (Wildman–Crippen MR) is 98.1 cm³/mol. The second-order valence-corrected chi connectivity index (χ2v) is 6.84. The van der Waals surface area contributed by atoms with Crippen LogP contribution in [-0.4, -0.2) is 77.7 Å². The second kappa shape index (κ2) is 8.35. The van der Waals surface area contributed by atoms with E-state index in [0.717, 1.165) is 17.0 Å². The number of likely N-dealkylation sites (tertiary alicyclic amines) is 1. The van der Waals surface area contributed by atoms with Crippen molar-refractivity contribution in [2.24, 2.45) is 0 Å². The normalized spacial score (nSPS) is 16.7. The van der Waals surface area contributed by atoms with E-state index in [2.05, 4.69) is 5.32 Å². The van der Waals surface area contributed by atoms with Crippen molar-refractivity contribution in [3.05, 3.63) is 39.4 Å². The van der Waals surface area contributed by atoms with E-state index >= 15 is 0 Å². The number of carbonyl (C=O) groups is 4. The zero-order valence-electron chi connectivity index (χ0n) is 15.8. The van der Waals surface area contributed by atoms with Crippen LogP contribution in [0.25, 0.3) is 0 Å². The Balaban J connectivity index is 1.59. The lowest BCUT2D eigenvalue weighted by Gasteiger charge is -2.33. The molecular formula is C18H20N4O7. The number of rotatable bonds is 6. The summed E-state index contributed by atoms with van der Waals surface area (Å²) in [6, 6.07) is 3.36. The molecule has 0 bridgehead atoms. The smallest absolute Gasteiger partial charge is 0.270 e. The van der Waals surface area contributed by atoms with Crippen LogP contribution in [-0.2, 0) is 14.3 Å². The standard InChI is InChI=1S/C18H20N4O7/c1-29-10-15(23)19-11-4-6-20(7-5-11)16(24)9-21-17(25)13-3-2-12(22(27)28)8-14(13)18(21)26/h2-3,8,11H,4-7,9-10H2,1H3,(H,19,23). The zero-order valence-corrected chi connectivity index (χ0v) is 15.8. The lowest BCUT2D eigenvalue weighted by atomic mass is 10.0. The number of nitro benzene ring substituents is 1. The average molecular weight is 404 g/mol. The number of hydrogen-bond acceptors (Lipinski definition) is 7. The van der Waals surface area contributed by atoms with Crippen molar-refractivity contribution >= 4 is 29.3 Å². The van der Waals surface area contributed by atoms with Crippen molar-refractivity contribution < 1.29 is 28.8 Å². The fourth-order valence-electron chi connectivity index (χ4n) is 3.44. The molecule has 0 unspecified atom stereocenters. The van der Waals surface area contributed by atoms with Gasteiger partial charge < -0.3 is 15.0 Å². The Hall–Kier alpha value is -3.34. The fraction of sp³-hybridized carbons (Fsp3) is 0.444. The third kappa shape index (κ3) is 4.24. The van der Waals surface area contributed by atoms with E-state index < -0.39 is 29.2 Å². The molecule has 154 valence electrons. The zero-order chi connectivity index (χ0) is 21.1. The number of non-ortho nitro benzene ring substituents is 1. The highest BCUT2D eigenvalue weighted by Gasteiger charge is 2.38. The molecule has 1 aromatic rings. The Bertz CT molecular complexity index is 877. The van der Waals surface area contributed by atoms with Gasteiger partial charge in [0.1, 0.15) is 13.2 Å². The van der Waals surface area contributed by atoms with Crippen molar-refractivity contribution in [3.8, 4) is 0 Å². The first kappa shape index (κ1) is 20.4. The number of methoxy groups -OCH3 is 1. The molecule has 2 aliphatic heterocycles. The molecule has 0 saturated carbocycles. The Kier molecular flexibility index (Phi) is 5.87. The van der Waals surface area contributed by atoms with Gasteiger partial charge in [-0.25, -0.2) is 0 Å². The molecule has 1 fully saturated rings.